The number of hydrogen-bond acceptors (Lipinski definition) is 2. The van der Waals surface area contributed by atoms with Crippen molar-refractivity contribution in [2.75, 3.05) is 6.54 Å². The highest BCUT2D eigenvalue weighted by atomic mass is 35.5. The van der Waals surface area contributed by atoms with Gasteiger partial charge in [-0.1, -0.05) is 30.3 Å². The number of benzene rings is 1. The van der Waals surface area contributed by atoms with E-state index in [1.54, 1.807) is 0 Å². The van der Waals surface area contributed by atoms with E-state index in [0.717, 1.165) is 25.9 Å². The predicted molar refractivity (Wildman–Crippen MR) is 66.3 cm³/mol. The van der Waals surface area contributed by atoms with E-state index in [2.05, 4.69) is 17.0 Å². The molecule has 0 unspecified atom stereocenters. The standard InChI is InChI=1S/C12H16N2O.ClH/c13-12(15)11-7-4-8-14(11)9-10-5-2-1-3-6-10;/h1-3,5-6,11H,4,7-9H2,(H2,13,15);1H/t11-;/m0./s1. The van der Waals surface area contributed by atoms with Crippen molar-refractivity contribution in [3.05, 3.63) is 35.9 Å². The van der Waals surface area contributed by atoms with Crippen LogP contribution in [0.2, 0.25) is 0 Å². The molecule has 1 saturated heterocycles. The first-order valence-corrected chi connectivity index (χ1v) is 5.34. The van der Waals surface area contributed by atoms with Gasteiger partial charge in [-0.3, -0.25) is 9.69 Å². The van der Waals surface area contributed by atoms with Gasteiger partial charge < -0.3 is 5.73 Å². The minimum Gasteiger partial charge on any atom is -0.368 e. The van der Waals surface area contributed by atoms with Gasteiger partial charge in [-0.2, -0.15) is 0 Å². The zero-order chi connectivity index (χ0) is 10.7. The van der Waals surface area contributed by atoms with Crippen molar-refractivity contribution < 1.29 is 4.79 Å². The van der Waals surface area contributed by atoms with Gasteiger partial charge in [-0.25, -0.2) is 0 Å². The van der Waals surface area contributed by atoms with Crippen LogP contribution in [0.1, 0.15) is 18.4 Å². The van der Waals surface area contributed by atoms with E-state index in [0.29, 0.717) is 0 Å². The molecule has 88 valence electrons. The number of halogens is 1. The van der Waals surface area contributed by atoms with Crippen LogP contribution in [0.15, 0.2) is 30.3 Å². The largest absolute Gasteiger partial charge is 0.368 e. The summed E-state index contributed by atoms with van der Waals surface area (Å²) < 4.78 is 0. The van der Waals surface area contributed by atoms with Crippen molar-refractivity contribution in [3.63, 3.8) is 0 Å². The molecule has 16 heavy (non-hydrogen) atoms. The maximum absolute atomic E-state index is 11.2. The lowest BCUT2D eigenvalue weighted by molar-refractivity contribution is -0.122. The summed E-state index contributed by atoms with van der Waals surface area (Å²) in [4.78, 5) is 13.3. The average Bonchev–Trinajstić information content (AvgIpc) is 2.67. The third kappa shape index (κ3) is 2.97. The summed E-state index contributed by atoms with van der Waals surface area (Å²) in [7, 11) is 0. The third-order valence-electron chi connectivity index (χ3n) is 2.92. The molecule has 1 fully saturated rings. The highest BCUT2D eigenvalue weighted by Crippen LogP contribution is 2.19. The first kappa shape index (κ1) is 13.0. The van der Waals surface area contributed by atoms with E-state index in [1.807, 2.05) is 18.2 Å². The molecule has 1 atom stereocenters. The maximum Gasteiger partial charge on any atom is 0.234 e. The Bertz CT molecular complexity index is 342. The van der Waals surface area contributed by atoms with Crippen LogP contribution in [0.5, 0.6) is 0 Å². The fraction of sp³-hybridized carbons (Fsp3) is 0.417. The fourth-order valence-corrected chi connectivity index (χ4v) is 2.16. The molecule has 0 bridgehead atoms. The molecule has 3 nitrogen and oxygen atoms in total. The number of carbonyl (C=O) groups is 1. The molecule has 1 aliphatic heterocycles. The quantitative estimate of drug-likeness (QED) is 0.872. The molecular formula is C12H17ClN2O. The van der Waals surface area contributed by atoms with Crippen LogP contribution in [-0.2, 0) is 11.3 Å². The zero-order valence-electron chi connectivity index (χ0n) is 9.13. The smallest absolute Gasteiger partial charge is 0.234 e. The molecule has 0 saturated carbocycles. The Morgan fingerprint density at radius 1 is 1.38 bits per heavy atom. The van der Waals surface area contributed by atoms with Crippen molar-refractivity contribution >= 4 is 18.3 Å². The number of primary amides is 1. The number of rotatable bonds is 3. The number of hydrogen-bond donors (Lipinski definition) is 1. The summed E-state index contributed by atoms with van der Waals surface area (Å²) in [5, 5.41) is 0. The second-order valence-electron chi connectivity index (χ2n) is 4.02. The molecule has 1 heterocycles. The van der Waals surface area contributed by atoms with Crippen molar-refractivity contribution in [2.24, 2.45) is 5.73 Å². The minimum absolute atomic E-state index is 0. The molecule has 0 spiro atoms. The molecule has 1 aromatic carbocycles. The zero-order valence-corrected chi connectivity index (χ0v) is 9.95. The van der Waals surface area contributed by atoms with E-state index in [-0.39, 0.29) is 24.4 Å². The van der Waals surface area contributed by atoms with Crippen molar-refractivity contribution in [3.8, 4) is 0 Å². The fourth-order valence-electron chi connectivity index (χ4n) is 2.16. The van der Waals surface area contributed by atoms with Crippen molar-refractivity contribution in [1.82, 2.24) is 4.90 Å². The van der Waals surface area contributed by atoms with Crippen LogP contribution in [0.4, 0.5) is 0 Å². The van der Waals surface area contributed by atoms with Gasteiger partial charge >= 0.3 is 0 Å². The Kier molecular flexibility index (Phi) is 4.77. The molecule has 0 aromatic heterocycles. The number of nitrogens with two attached hydrogens (primary N) is 1. The Balaban J connectivity index is 0.00000128. The van der Waals surface area contributed by atoms with Gasteiger partial charge in [0.05, 0.1) is 6.04 Å². The van der Waals surface area contributed by atoms with Gasteiger partial charge in [0, 0.05) is 6.54 Å². The van der Waals surface area contributed by atoms with E-state index in [9.17, 15) is 4.79 Å². The van der Waals surface area contributed by atoms with Gasteiger partial charge in [0.1, 0.15) is 0 Å². The average molecular weight is 241 g/mol. The van der Waals surface area contributed by atoms with Crippen LogP contribution >= 0.6 is 12.4 Å². The van der Waals surface area contributed by atoms with E-state index in [4.69, 9.17) is 5.73 Å². The summed E-state index contributed by atoms with van der Waals surface area (Å²) in [6, 6.07) is 10.1. The molecule has 1 aliphatic rings. The lowest BCUT2D eigenvalue weighted by Crippen LogP contribution is -2.39. The summed E-state index contributed by atoms with van der Waals surface area (Å²) in [5.74, 6) is -0.191. The predicted octanol–water partition coefficient (Wildman–Crippen LogP) is 1.56. The lowest BCUT2D eigenvalue weighted by Gasteiger charge is -2.21. The summed E-state index contributed by atoms with van der Waals surface area (Å²) >= 11 is 0. The first-order chi connectivity index (χ1) is 7.27. The van der Waals surface area contributed by atoms with Gasteiger partial charge in [-0.15, -0.1) is 12.4 Å². The van der Waals surface area contributed by atoms with Crippen molar-refractivity contribution in [1.29, 1.82) is 0 Å². The van der Waals surface area contributed by atoms with E-state index in [1.165, 1.54) is 5.56 Å². The summed E-state index contributed by atoms with van der Waals surface area (Å²) in [5.41, 5.74) is 6.60. The lowest BCUT2D eigenvalue weighted by atomic mass is 10.2. The van der Waals surface area contributed by atoms with Crippen LogP contribution in [0.25, 0.3) is 0 Å². The topological polar surface area (TPSA) is 46.3 Å². The Morgan fingerprint density at radius 3 is 2.69 bits per heavy atom. The number of carbonyl (C=O) groups excluding carboxylic acids is 1. The van der Waals surface area contributed by atoms with Crippen LogP contribution in [0.3, 0.4) is 0 Å². The normalized spacial score (nSPS) is 20.4. The molecule has 0 radical (unpaired) electrons. The molecule has 2 rings (SSSR count). The monoisotopic (exact) mass is 240 g/mol. The Morgan fingerprint density at radius 2 is 2.06 bits per heavy atom. The minimum atomic E-state index is -0.191. The van der Waals surface area contributed by atoms with Crippen LogP contribution < -0.4 is 5.73 Å². The highest BCUT2D eigenvalue weighted by Gasteiger charge is 2.28. The van der Waals surface area contributed by atoms with Gasteiger partial charge in [0.25, 0.3) is 0 Å². The number of amides is 1. The van der Waals surface area contributed by atoms with Crippen molar-refractivity contribution in [2.45, 2.75) is 25.4 Å². The molecule has 1 aromatic rings. The Labute approximate surface area is 102 Å². The van der Waals surface area contributed by atoms with Crippen LogP contribution in [-0.4, -0.2) is 23.4 Å². The summed E-state index contributed by atoms with van der Waals surface area (Å²) in [6.07, 6.45) is 1.97. The first-order valence-electron chi connectivity index (χ1n) is 5.34. The van der Waals surface area contributed by atoms with E-state index < -0.39 is 0 Å². The molecule has 4 heteroatoms. The highest BCUT2D eigenvalue weighted by molar-refractivity contribution is 5.85. The number of likely N-dealkylation sites (tertiary alicyclic amines) is 1. The van der Waals surface area contributed by atoms with Crippen LogP contribution in [0, 0.1) is 0 Å². The molecule has 2 N–H and O–H groups in total. The second kappa shape index (κ2) is 5.87. The Hall–Kier alpha value is -1.06. The van der Waals surface area contributed by atoms with Gasteiger partial charge in [-0.05, 0) is 24.9 Å². The molecule has 0 aliphatic carbocycles. The van der Waals surface area contributed by atoms with E-state index >= 15 is 0 Å². The third-order valence-corrected chi connectivity index (χ3v) is 2.92. The SMILES string of the molecule is Cl.NC(=O)[C@@H]1CCCN1Cc1ccccc1. The van der Waals surface area contributed by atoms with Gasteiger partial charge in [0.15, 0.2) is 0 Å². The molecule has 1 amide bonds. The second-order valence-corrected chi connectivity index (χ2v) is 4.02. The molecular weight excluding hydrogens is 224 g/mol. The van der Waals surface area contributed by atoms with Gasteiger partial charge in [0.2, 0.25) is 5.91 Å². The summed E-state index contributed by atoms with van der Waals surface area (Å²) in [6.45, 7) is 1.80. The number of nitrogens with zero attached hydrogens (tertiary/aromatic N) is 1. The maximum atomic E-state index is 11.2.